The molecule has 3 heteroatoms. The molecule has 3 nitrogen and oxygen atoms in total. The number of hydrogen-bond acceptors (Lipinski definition) is 3. The molecule has 1 aliphatic rings. The van der Waals surface area contributed by atoms with Gasteiger partial charge in [-0.2, -0.15) is 0 Å². The first-order chi connectivity index (χ1) is 6.83. The Labute approximate surface area is 83.7 Å². The Hall–Kier alpha value is -1.22. The van der Waals surface area contributed by atoms with E-state index in [1.54, 1.807) is 13.2 Å². The van der Waals surface area contributed by atoms with Crippen LogP contribution < -0.4 is 10.1 Å². The molecule has 1 aromatic carbocycles. The summed E-state index contributed by atoms with van der Waals surface area (Å²) in [4.78, 5) is 0. The number of ether oxygens (including phenoxy) is 1. The Morgan fingerprint density at radius 3 is 3.00 bits per heavy atom. The van der Waals surface area contributed by atoms with Crippen molar-refractivity contribution < 1.29 is 9.84 Å². The Kier molecular flexibility index (Phi) is 2.59. The molecule has 0 aliphatic carbocycles. The van der Waals surface area contributed by atoms with E-state index in [0.29, 0.717) is 11.7 Å². The van der Waals surface area contributed by atoms with Gasteiger partial charge in [0.25, 0.3) is 0 Å². The van der Waals surface area contributed by atoms with Gasteiger partial charge in [-0.15, -0.1) is 0 Å². The molecule has 1 heterocycles. The van der Waals surface area contributed by atoms with Crippen LogP contribution in [0.15, 0.2) is 18.2 Å². The summed E-state index contributed by atoms with van der Waals surface area (Å²) >= 11 is 0. The van der Waals surface area contributed by atoms with Crippen molar-refractivity contribution in [1.29, 1.82) is 0 Å². The standard InChI is InChI=1S/C11H15NO2/c1-14-11-9(3-2-4-10(11)13)8-5-6-12-7-8/h2-4,8,12-13H,5-7H2,1H3/t8-/m1/s1. The second kappa shape index (κ2) is 3.88. The minimum absolute atomic E-state index is 0.233. The molecule has 0 aromatic heterocycles. The Morgan fingerprint density at radius 1 is 1.50 bits per heavy atom. The highest BCUT2D eigenvalue weighted by molar-refractivity contribution is 5.47. The molecule has 1 saturated heterocycles. The average Bonchev–Trinajstić information content (AvgIpc) is 2.70. The second-order valence-electron chi connectivity index (χ2n) is 3.59. The van der Waals surface area contributed by atoms with Gasteiger partial charge in [0.2, 0.25) is 0 Å². The van der Waals surface area contributed by atoms with Crippen molar-refractivity contribution in [3.05, 3.63) is 23.8 Å². The van der Waals surface area contributed by atoms with Gasteiger partial charge in [-0.1, -0.05) is 12.1 Å². The van der Waals surface area contributed by atoms with Crippen molar-refractivity contribution in [1.82, 2.24) is 5.32 Å². The van der Waals surface area contributed by atoms with Crippen molar-refractivity contribution in [3.63, 3.8) is 0 Å². The van der Waals surface area contributed by atoms with Crippen LogP contribution in [-0.2, 0) is 0 Å². The zero-order chi connectivity index (χ0) is 9.97. The highest BCUT2D eigenvalue weighted by Crippen LogP contribution is 2.36. The molecule has 1 atom stereocenters. The fourth-order valence-electron chi connectivity index (χ4n) is 2.01. The van der Waals surface area contributed by atoms with E-state index in [1.807, 2.05) is 12.1 Å². The Balaban J connectivity index is 2.35. The van der Waals surface area contributed by atoms with Crippen molar-refractivity contribution in [3.8, 4) is 11.5 Å². The topological polar surface area (TPSA) is 41.5 Å². The number of benzene rings is 1. The number of nitrogens with one attached hydrogen (secondary N) is 1. The van der Waals surface area contributed by atoms with Crippen LogP contribution in [0, 0.1) is 0 Å². The molecule has 1 aromatic rings. The Bertz CT molecular complexity index is 319. The first kappa shape index (κ1) is 9.34. The van der Waals surface area contributed by atoms with E-state index in [9.17, 15) is 5.11 Å². The molecular formula is C11H15NO2. The largest absolute Gasteiger partial charge is 0.504 e. The molecule has 2 rings (SSSR count). The minimum Gasteiger partial charge on any atom is -0.504 e. The van der Waals surface area contributed by atoms with Gasteiger partial charge in [-0.25, -0.2) is 0 Å². The van der Waals surface area contributed by atoms with Crippen LogP contribution in [0.25, 0.3) is 0 Å². The SMILES string of the molecule is COc1c(O)cccc1[C@@H]1CCNC1. The number of para-hydroxylation sites is 1. The predicted molar refractivity (Wildman–Crippen MR) is 54.9 cm³/mol. The summed E-state index contributed by atoms with van der Waals surface area (Å²) in [6, 6.07) is 5.55. The molecule has 14 heavy (non-hydrogen) atoms. The third-order valence-electron chi connectivity index (χ3n) is 2.73. The minimum atomic E-state index is 0.233. The number of phenols is 1. The number of phenolic OH excluding ortho intramolecular Hbond substituents is 1. The molecular weight excluding hydrogens is 178 g/mol. The number of rotatable bonds is 2. The summed E-state index contributed by atoms with van der Waals surface area (Å²) in [5, 5.41) is 12.9. The van der Waals surface area contributed by atoms with Crippen molar-refractivity contribution in [2.45, 2.75) is 12.3 Å². The summed E-state index contributed by atoms with van der Waals surface area (Å²) in [6.07, 6.45) is 1.11. The third kappa shape index (κ3) is 1.55. The van der Waals surface area contributed by atoms with Crippen LogP contribution in [-0.4, -0.2) is 25.3 Å². The molecule has 0 radical (unpaired) electrons. The van der Waals surface area contributed by atoms with Gasteiger partial charge in [-0.05, 0) is 19.0 Å². The molecule has 76 valence electrons. The first-order valence-corrected chi connectivity index (χ1v) is 4.89. The highest BCUT2D eigenvalue weighted by atomic mass is 16.5. The van der Waals surface area contributed by atoms with Gasteiger partial charge in [0.05, 0.1) is 7.11 Å². The number of hydrogen-bond donors (Lipinski definition) is 2. The number of aromatic hydroxyl groups is 1. The monoisotopic (exact) mass is 193 g/mol. The van der Waals surface area contributed by atoms with Gasteiger partial charge in [0, 0.05) is 18.0 Å². The number of methoxy groups -OCH3 is 1. The molecule has 0 bridgehead atoms. The van der Waals surface area contributed by atoms with Crippen molar-refractivity contribution in [2.24, 2.45) is 0 Å². The molecule has 0 spiro atoms. The van der Waals surface area contributed by atoms with Crippen LogP contribution in [0.1, 0.15) is 17.9 Å². The molecule has 0 saturated carbocycles. The van der Waals surface area contributed by atoms with Gasteiger partial charge >= 0.3 is 0 Å². The van der Waals surface area contributed by atoms with E-state index in [-0.39, 0.29) is 5.75 Å². The van der Waals surface area contributed by atoms with Crippen LogP contribution in [0.3, 0.4) is 0 Å². The smallest absolute Gasteiger partial charge is 0.163 e. The van der Waals surface area contributed by atoms with E-state index < -0.39 is 0 Å². The van der Waals surface area contributed by atoms with E-state index >= 15 is 0 Å². The van der Waals surface area contributed by atoms with Crippen LogP contribution in [0.2, 0.25) is 0 Å². The maximum Gasteiger partial charge on any atom is 0.163 e. The Morgan fingerprint density at radius 2 is 2.36 bits per heavy atom. The first-order valence-electron chi connectivity index (χ1n) is 4.89. The third-order valence-corrected chi connectivity index (χ3v) is 2.73. The lowest BCUT2D eigenvalue weighted by molar-refractivity contribution is 0.367. The zero-order valence-corrected chi connectivity index (χ0v) is 8.29. The molecule has 0 unspecified atom stereocenters. The van der Waals surface area contributed by atoms with E-state index in [4.69, 9.17) is 4.74 Å². The summed E-state index contributed by atoms with van der Waals surface area (Å²) in [6.45, 7) is 2.02. The molecule has 1 fully saturated rings. The second-order valence-corrected chi connectivity index (χ2v) is 3.59. The molecule has 2 N–H and O–H groups in total. The van der Waals surface area contributed by atoms with E-state index in [1.165, 1.54) is 0 Å². The van der Waals surface area contributed by atoms with Gasteiger partial charge in [0.15, 0.2) is 11.5 Å². The van der Waals surface area contributed by atoms with Crippen molar-refractivity contribution >= 4 is 0 Å². The quantitative estimate of drug-likeness (QED) is 0.747. The van der Waals surface area contributed by atoms with E-state index in [2.05, 4.69) is 5.32 Å². The van der Waals surface area contributed by atoms with Gasteiger partial charge in [0.1, 0.15) is 0 Å². The van der Waals surface area contributed by atoms with Gasteiger partial charge in [-0.3, -0.25) is 0 Å². The fraction of sp³-hybridized carbons (Fsp3) is 0.455. The normalized spacial score (nSPS) is 21.1. The van der Waals surface area contributed by atoms with Crippen LogP contribution >= 0.6 is 0 Å². The summed E-state index contributed by atoms with van der Waals surface area (Å²) in [5.74, 6) is 1.33. The maximum absolute atomic E-state index is 9.61. The summed E-state index contributed by atoms with van der Waals surface area (Å²) in [5.41, 5.74) is 1.11. The lowest BCUT2D eigenvalue weighted by Crippen LogP contribution is -2.08. The van der Waals surface area contributed by atoms with E-state index in [0.717, 1.165) is 25.1 Å². The summed E-state index contributed by atoms with van der Waals surface area (Å²) in [7, 11) is 1.60. The van der Waals surface area contributed by atoms with Gasteiger partial charge < -0.3 is 15.2 Å². The predicted octanol–water partition coefficient (Wildman–Crippen LogP) is 1.48. The highest BCUT2D eigenvalue weighted by Gasteiger charge is 2.21. The lowest BCUT2D eigenvalue weighted by atomic mass is 9.97. The summed E-state index contributed by atoms with van der Waals surface area (Å²) < 4.78 is 5.21. The average molecular weight is 193 g/mol. The van der Waals surface area contributed by atoms with Crippen LogP contribution in [0.5, 0.6) is 11.5 Å². The lowest BCUT2D eigenvalue weighted by Gasteiger charge is -2.14. The van der Waals surface area contributed by atoms with Crippen molar-refractivity contribution in [2.75, 3.05) is 20.2 Å². The maximum atomic E-state index is 9.61. The zero-order valence-electron chi connectivity index (χ0n) is 8.29. The molecule has 0 amide bonds. The molecule has 1 aliphatic heterocycles. The fourth-order valence-corrected chi connectivity index (χ4v) is 2.01. The van der Waals surface area contributed by atoms with Crippen LogP contribution in [0.4, 0.5) is 0 Å².